The number of fused-ring (bicyclic) bond motifs is 5. The van der Waals surface area contributed by atoms with Crippen LogP contribution in [0.1, 0.15) is 36.8 Å². The minimum Gasteiger partial charge on any atom is -0.496 e. The molecule has 3 aromatic rings. The Morgan fingerprint density at radius 2 is 1.77 bits per heavy atom. The van der Waals surface area contributed by atoms with Crippen molar-refractivity contribution in [3.8, 4) is 16.9 Å². The molecule has 3 aliphatic rings. The summed E-state index contributed by atoms with van der Waals surface area (Å²) in [5, 5.41) is 15.6. The lowest BCUT2D eigenvalue weighted by molar-refractivity contribution is -0.116. The van der Waals surface area contributed by atoms with Crippen molar-refractivity contribution >= 4 is 35.0 Å². The summed E-state index contributed by atoms with van der Waals surface area (Å²) in [7, 11) is 3.62. The van der Waals surface area contributed by atoms with Crippen LogP contribution in [-0.2, 0) is 27.3 Å². The first-order chi connectivity index (χ1) is 20.8. The molecule has 3 fully saturated rings. The summed E-state index contributed by atoms with van der Waals surface area (Å²) in [6, 6.07) is 19.7. The number of halogens is 1. The van der Waals surface area contributed by atoms with E-state index in [1.165, 1.54) is 7.11 Å². The molecule has 3 aliphatic heterocycles. The molecule has 4 unspecified atom stereocenters. The number of carbonyl (C=O) groups excluding carboxylic acids is 2. The number of aryl methyl sites for hydroxylation is 1. The predicted octanol–water partition coefficient (Wildman–Crippen LogP) is 5.63. The number of rotatable bonds is 10. The Hall–Kier alpha value is -3.63. The van der Waals surface area contributed by atoms with E-state index in [2.05, 4.69) is 22.6 Å². The van der Waals surface area contributed by atoms with Crippen molar-refractivity contribution < 1.29 is 28.9 Å². The molecule has 9 nitrogen and oxygen atoms in total. The highest BCUT2D eigenvalue weighted by molar-refractivity contribution is 6.33. The number of nitrogens with zero attached hydrogens (tertiary/aromatic N) is 1. The third-order valence-electron chi connectivity index (χ3n) is 8.74. The molecule has 6 rings (SSSR count). The average molecular weight is 606 g/mol. The van der Waals surface area contributed by atoms with Crippen LogP contribution in [-0.4, -0.2) is 66.6 Å². The molecule has 3 heterocycles. The lowest BCUT2D eigenvalue weighted by Gasteiger charge is -2.37. The summed E-state index contributed by atoms with van der Waals surface area (Å²) in [5.74, 6) is 0.270. The Morgan fingerprint density at radius 3 is 2.47 bits per heavy atom. The first kappa shape index (κ1) is 29.4. The summed E-state index contributed by atoms with van der Waals surface area (Å²) in [6.45, 7) is -0.218. The number of anilines is 2. The number of ether oxygens (including phenoxy) is 3. The van der Waals surface area contributed by atoms with E-state index in [-0.39, 0.29) is 37.2 Å². The molecule has 226 valence electrons. The molecule has 3 aromatic carbocycles. The Bertz CT molecular complexity index is 1480. The van der Waals surface area contributed by atoms with Crippen molar-refractivity contribution in [1.29, 1.82) is 0 Å². The van der Waals surface area contributed by atoms with Gasteiger partial charge < -0.3 is 24.6 Å². The topological polar surface area (TPSA) is 113 Å². The van der Waals surface area contributed by atoms with Crippen molar-refractivity contribution in [1.82, 2.24) is 4.90 Å². The van der Waals surface area contributed by atoms with Gasteiger partial charge in [0.1, 0.15) is 24.1 Å². The van der Waals surface area contributed by atoms with Gasteiger partial charge in [-0.3, -0.25) is 15.0 Å². The maximum atomic E-state index is 13.1. The molecule has 0 radical (unpaired) electrons. The summed E-state index contributed by atoms with van der Waals surface area (Å²) in [4.78, 5) is 28.2. The van der Waals surface area contributed by atoms with E-state index in [0.29, 0.717) is 52.6 Å². The van der Waals surface area contributed by atoms with Gasteiger partial charge in [-0.1, -0.05) is 54.1 Å². The van der Waals surface area contributed by atoms with Crippen LogP contribution in [0.25, 0.3) is 11.1 Å². The van der Waals surface area contributed by atoms with Gasteiger partial charge in [-0.25, -0.2) is 4.79 Å². The minimum atomic E-state index is -0.461. The van der Waals surface area contributed by atoms with Crippen molar-refractivity contribution in [2.75, 3.05) is 24.8 Å². The fourth-order valence-electron chi connectivity index (χ4n) is 6.48. The van der Waals surface area contributed by atoms with Crippen LogP contribution in [0.4, 0.5) is 16.2 Å². The Balaban J connectivity index is 1.09. The average Bonchev–Trinajstić information content (AvgIpc) is 3.77. The zero-order valence-corrected chi connectivity index (χ0v) is 25.0. The number of hydrogen-bond acceptors (Lipinski definition) is 7. The van der Waals surface area contributed by atoms with Crippen LogP contribution in [0.5, 0.6) is 5.75 Å². The molecule has 2 amide bonds. The SMILES string of the molecule is COc1cc(NC(=O)CCCc2ccc(-c3ccccc3)c(NC(=O)OC3CC4C5OC5C(C3)N4C)c2)c(Cl)cc1CO. The Labute approximate surface area is 256 Å². The fraction of sp³-hybridized carbons (Fsp3) is 0.394. The van der Waals surface area contributed by atoms with E-state index in [9.17, 15) is 14.7 Å². The highest BCUT2D eigenvalue weighted by Gasteiger charge is 2.62. The first-order valence-electron chi connectivity index (χ1n) is 14.6. The van der Waals surface area contributed by atoms with Gasteiger partial charge in [0.15, 0.2) is 0 Å². The molecule has 0 saturated carbocycles. The standard InChI is InChI=1S/C33H36ClN3O6/c1-37-27-15-22(16-28(37)32-31(27)43-32)42-33(40)36-25-13-19(11-12-23(25)20-8-4-3-5-9-20)7-6-10-30(39)35-26-17-29(41-2)21(18-38)14-24(26)34/h3-5,8-9,11-14,17,22,27-28,31-32,38H,6-7,10,15-16,18H2,1-2H3,(H,35,39)(H,36,40). The highest BCUT2D eigenvalue weighted by Crippen LogP contribution is 2.48. The number of piperidine rings is 1. The molecule has 3 saturated heterocycles. The number of aliphatic hydroxyl groups is 1. The molecular formula is C33H36ClN3O6. The molecule has 2 bridgehead atoms. The summed E-state index contributed by atoms with van der Waals surface area (Å²) in [5.41, 5.74) is 4.51. The monoisotopic (exact) mass is 605 g/mol. The van der Waals surface area contributed by atoms with Gasteiger partial charge in [0, 0.05) is 48.5 Å². The van der Waals surface area contributed by atoms with Gasteiger partial charge in [-0.05, 0) is 43.1 Å². The number of methoxy groups -OCH3 is 1. The van der Waals surface area contributed by atoms with Gasteiger partial charge >= 0.3 is 6.09 Å². The van der Waals surface area contributed by atoms with Crippen LogP contribution in [0.2, 0.25) is 5.02 Å². The second-order valence-corrected chi connectivity index (χ2v) is 11.8. The van der Waals surface area contributed by atoms with Gasteiger partial charge in [0.05, 0.1) is 30.1 Å². The number of epoxide rings is 1. The quantitative estimate of drug-likeness (QED) is 0.257. The van der Waals surface area contributed by atoms with Crippen molar-refractivity contribution in [2.24, 2.45) is 0 Å². The normalized spacial score (nSPS) is 23.8. The van der Waals surface area contributed by atoms with Crippen molar-refractivity contribution in [3.05, 3.63) is 76.8 Å². The smallest absolute Gasteiger partial charge is 0.411 e. The molecule has 0 aliphatic carbocycles. The molecular weight excluding hydrogens is 570 g/mol. The van der Waals surface area contributed by atoms with Crippen molar-refractivity contribution in [3.63, 3.8) is 0 Å². The number of amides is 2. The van der Waals surface area contributed by atoms with Crippen molar-refractivity contribution in [2.45, 2.75) is 69.1 Å². The second-order valence-electron chi connectivity index (χ2n) is 11.4. The van der Waals surface area contributed by atoms with E-state index < -0.39 is 6.09 Å². The maximum Gasteiger partial charge on any atom is 0.411 e. The molecule has 43 heavy (non-hydrogen) atoms. The lowest BCUT2D eigenvalue weighted by Crippen LogP contribution is -2.48. The molecule has 4 atom stereocenters. The van der Waals surface area contributed by atoms with Crippen LogP contribution < -0.4 is 15.4 Å². The predicted molar refractivity (Wildman–Crippen MR) is 164 cm³/mol. The van der Waals surface area contributed by atoms with E-state index in [0.717, 1.165) is 29.5 Å². The summed E-state index contributed by atoms with van der Waals surface area (Å²) < 4.78 is 17.0. The van der Waals surface area contributed by atoms with E-state index >= 15 is 0 Å². The van der Waals surface area contributed by atoms with E-state index in [1.54, 1.807) is 12.1 Å². The largest absolute Gasteiger partial charge is 0.496 e. The minimum absolute atomic E-state index is 0.141. The van der Waals surface area contributed by atoms with Crippen LogP contribution in [0.15, 0.2) is 60.7 Å². The number of morpholine rings is 1. The first-order valence-corrected chi connectivity index (χ1v) is 15.0. The number of benzene rings is 3. The molecule has 3 N–H and O–H groups in total. The van der Waals surface area contributed by atoms with E-state index in [1.807, 2.05) is 48.5 Å². The molecule has 10 heteroatoms. The van der Waals surface area contributed by atoms with Gasteiger partial charge in [-0.2, -0.15) is 0 Å². The Kier molecular flexibility index (Phi) is 8.59. The lowest BCUT2D eigenvalue weighted by atomic mass is 9.99. The van der Waals surface area contributed by atoms with E-state index in [4.69, 9.17) is 25.8 Å². The van der Waals surface area contributed by atoms with Gasteiger partial charge in [0.25, 0.3) is 0 Å². The Morgan fingerprint density at radius 1 is 1.02 bits per heavy atom. The third-order valence-corrected chi connectivity index (χ3v) is 9.05. The fourth-order valence-corrected chi connectivity index (χ4v) is 6.71. The van der Waals surface area contributed by atoms with Gasteiger partial charge in [-0.15, -0.1) is 0 Å². The summed E-state index contributed by atoms with van der Waals surface area (Å²) in [6.07, 6.45) is 3.01. The zero-order chi connectivity index (χ0) is 30.1. The van der Waals surface area contributed by atoms with Gasteiger partial charge in [0.2, 0.25) is 5.91 Å². The van der Waals surface area contributed by atoms with Crippen LogP contribution >= 0.6 is 11.6 Å². The highest BCUT2D eigenvalue weighted by atomic mass is 35.5. The number of carbonyl (C=O) groups is 2. The van der Waals surface area contributed by atoms with Crippen LogP contribution in [0, 0.1) is 0 Å². The molecule has 0 spiro atoms. The summed E-state index contributed by atoms with van der Waals surface area (Å²) >= 11 is 6.30. The number of nitrogens with one attached hydrogen (secondary N) is 2. The number of aliphatic hydroxyl groups excluding tert-OH is 1. The number of likely N-dealkylation sites (N-methyl/N-ethyl adjacent to an activating group) is 1. The molecule has 0 aromatic heterocycles. The van der Waals surface area contributed by atoms with Crippen LogP contribution in [0.3, 0.4) is 0 Å². The zero-order valence-electron chi connectivity index (χ0n) is 24.2. The third kappa shape index (κ3) is 6.35. The second kappa shape index (κ2) is 12.5. The number of hydrogen-bond donors (Lipinski definition) is 3. The maximum absolute atomic E-state index is 13.1.